The number of aryl methyl sites for hydroxylation is 1. The zero-order valence-electron chi connectivity index (χ0n) is 11.0. The fraction of sp³-hybridized carbons (Fsp3) is 0.583. The number of methoxy groups -OCH3 is 1. The highest BCUT2D eigenvalue weighted by Gasteiger charge is 2.06. The normalized spacial score (nSPS) is 10.2. The van der Waals surface area contributed by atoms with Gasteiger partial charge in [0.15, 0.2) is 0 Å². The van der Waals surface area contributed by atoms with Crippen molar-refractivity contribution in [1.82, 2.24) is 9.78 Å². The van der Waals surface area contributed by atoms with E-state index < -0.39 is 0 Å². The molecule has 0 atom stereocenters. The van der Waals surface area contributed by atoms with Crippen LogP contribution in [0, 0.1) is 0 Å². The van der Waals surface area contributed by atoms with E-state index in [9.17, 15) is 9.59 Å². The molecule has 0 radical (unpaired) electrons. The maximum Gasteiger partial charge on any atom is 0.307 e. The molecule has 100 valence electrons. The molecule has 6 heteroatoms. The van der Waals surface area contributed by atoms with Gasteiger partial charge in [0, 0.05) is 19.7 Å². The van der Waals surface area contributed by atoms with E-state index in [1.807, 2.05) is 11.9 Å². The van der Waals surface area contributed by atoms with Gasteiger partial charge in [-0.15, -0.1) is 0 Å². The summed E-state index contributed by atoms with van der Waals surface area (Å²) in [5.74, 6) is -0.351. The van der Waals surface area contributed by atoms with Crippen LogP contribution in [0.1, 0.15) is 19.8 Å². The van der Waals surface area contributed by atoms with Crippen molar-refractivity contribution in [2.75, 3.05) is 25.6 Å². The first-order valence-electron chi connectivity index (χ1n) is 5.93. The van der Waals surface area contributed by atoms with Gasteiger partial charge in [0.1, 0.15) is 0 Å². The third-order valence-electron chi connectivity index (χ3n) is 2.61. The number of carbonyl (C=O) groups is 1. The average Bonchev–Trinajstić information content (AvgIpc) is 2.37. The standard InChI is InChI=1S/C12H19N3O3/c1-4-6-14(2)10-8-11(16)15(13-9-10)7-5-12(17)18-3/h8-9H,4-7H2,1-3H3. The minimum atomic E-state index is -0.351. The van der Waals surface area contributed by atoms with Crippen molar-refractivity contribution in [3.05, 3.63) is 22.6 Å². The topological polar surface area (TPSA) is 64.4 Å². The lowest BCUT2D eigenvalue weighted by Crippen LogP contribution is -2.27. The molecule has 0 N–H and O–H groups in total. The van der Waals surface area contributed by atoms with Gasteiger partial charge < -0.3 is 9.64 Å². The molecule has 0 saturated carbocycles. The van der Waals surface area contributed by atoms with E-state index in [1.165, 1.54) is 17.9 Å². The lowest BCUT2D eigenvalue weighted by molar-refractivity contribution is -0.140. The largest absolute Gasteiger partial charge is 0.469 e. The zero-order chi connectivity index (χ0) is 13.5. The van der Waals surface area contributed by atoms with Gasteiger partial charge in [-0.25, -0.2) is 4.68 Å². The Kier molecular flexibility index (Phi) is 5.35. The summed E-state index contributed by atoms with van der Waals surface area (Å²) >= 11 is 0. The summed E-state index contributed by atoms with van der Waals surface area (Å²) in [7, 11) is 3.24. The van der Waals surface area contributed by atoms with Gasteiger partial charge >= 0.3 is 5.97 Å². The van der Waals surface area contributed by atoms with Gasteiger partial charge in [-0.1, -0.05) is 6.92 Å². The van der Waals surface area contributed by atoms with Crippen molar-refractivity contribution in [3.8, 4) is 0 Å². The smallest absolute Gasteiger partial charge is 0.307 e. The zero-order valence-corrected chi connectivity index (χ0v) is 11.0. The van der Waals surface area contributed by atoms with Gasteiger partial charge in [-0.3, -0.25) is 9.59 Å². The first-order chi connectivity index (χ1) is 8.58. The van der Waals surface area contributed by atoms with Crippen LogP contribution in [0.2, 0.25) is 0 Å². The molecule has 1 rings (SSSR count). The quantitative estimate of drug-likeness (QED) is 0.697. The van der Waals surface area contributed by atoms with Crippen LogP contribution in [0.3, 0.4) is 0 Å². The van der Waals surface area contributed by atoms with Crippen molar-refractivity contribution < 1.29 is 9.53 Å². The predicted molar refractivity (Wildman–Crippen MR) is 68.7 cm³/mol. The molecule has 1 heterocycles. The molecule has 6 nitrogen and oxygen atoms in total. The molecule has 0 aliphatic heterocycles. The van der Waals surface area contributed by atoms with Crippen LogP contribution in [0.25, 0.3) is 0 Å². The van der Waals surface area contributed by atoms with Crippen molar-refractivity contribution in [2.45, 2.75) is 26.3 Å². The number of hydrogen-bond acceptors (Lipinski definition) is 5. The first kappa shape index (κ1) is 14.2. The summed E-state index contributed by atoms with van der Waals surface area (Å²) in [5.41, 5.74) is 0.579. The van der Waals surface area contributed by atoms with Crippen molar-refractivity contribution in [3.63, 3.8) is 0 Å². The lowest BCUT2D eigenvalue weighted by Gasteiger charge is -2.17. The number of nitrogens with zero attached hydrogens (tertiary/aromatic N) is 3. The van der Waals surface area contributed by atoms with Crippen LogP contribution in [-0.4, -0.2) is 36.5 Å². The summed E-state index contributed by atoms with van der Waals surface area (Å²) in [6, 6.07) is 1.53. The van der Waals surface area contributed by atoms with E-state index in [4.69, 9.17) is 0 Å². The van der Waals surface area contributed by atoms with Crippen LogP contribution >= 0.6 is 0 Å². The Balaban J connectivity index is 2.74. The molecule has 0 unspecified atom stereocenters. The van der Waals surface area contributed by atoms with E-state index in [-0.39, 0.29) is 24.5 Å². The van der Waals surface area contributed by atoms with E-state index in [0.29, 0.717) is 0 Å². The molecule has 0 amide bonds. The second-order valence-corrected chi connectivity index (χ2v) is 4.02. The Morgan fingerprint density at radius 3 is 2.83 bits per heavy atom. The summed E-state index contributed by atoms with van der Waals surface area (Å²) < 4.78 is 5.78. The monoisotopic (exact) mass is 253 g/mol. The number of hydrogen-bond donors (Lipinski definition) is 0. The molecular formula is C12H19N3O3. The van der Waals surface area contributed by atoms with Crippen LogP contribution in [0.5, 0.6) is 0 Å². The number of aromatic nitrogens is 2. The maximum atomic E-state index is 11.8. The van der Waals surface area contributed by atoms with Gasteiger partial charge in [-0.05, 0) is 6.42 Å². The number of anilines is 1. The number of carbonyl (C=O) groups excluding carboxylic acids is 1. The summed E-state index contributed by atoms with van der Waals surface area (Å²) in [6.45, 7) is 3.18. The Morgan fingerprint density at radius 1 is 1.56 bits per heavy atom. The highest BCUT2D eigenvalue weighted by atomic mass is 16.5. The summed E-state index contributed by atoms with van der Waals surface area (Å²) in [4.78, 5) is 24.7. The molecule has 0 fully saturated rings. The van der Waals surface area contributed by atoms with E-state index >= 15 is 0 Å². The number of ether oxygens (including phenoxy) is 1. The first-order valence-corrected chi connectivity index (χ1v) is 5.93. The lowest BCUT2D eigenvalue weighted by atomic mass is 10.3. The highest BCUT2D eigenvalue weighted by Crippen LogP contribution is 2.07. The van der Waals surface area contributed by atoms with E-state index in [1.54, 1.807) is 6.20 Å². The SMILES string of the molecule is CCCN(C)c1cnn(CCC(=O)OC)c(=O)c1. The third-order valence-corrected chi connectivity index (χ3v) is 2.61. The Hall–Kier alpha value is -1.85. The minimum Gasteiger partial charge on any atom is -0.469 e. The molecule has 18 heavy (non-hydrogen) atoms. The van der Waals surface area contributed by atoms with E-state index in [2.05, 4.69) is 16.8 Å². The molecule has 1 aromatic rings. The predicted octanol–water partition coefficient (Wildman–Crippen LogP) is 0.653. The molecule has 0 saturated heterocycles. The molecule has 1 aromatic heterocycles. The van der Waals surface area contributed by atoms with Crippen LogP contribution < -0.4 is 10.5 Å². The second kappa shape index (κ2) is 6.78. The van der Waals surface area contributed by atoms with E-state index in [0.717, 1.165) is 18.7 Å². The van der Waals surface area contributed by atoms with Gasteiger partial charge in [-0.2, -0.15) is 5.10 Å². The van der Waals surface area contributed by atoms with Crippen molar-refractivity contribution in [2.24, 2.45) is 0 Å². The third kappa shape index (κ3) is 3.87. The minimum absolute atomic E-state index is 0.146. The van der Waals surface area contributed by atoms with Crippen molar-refractivity contribution >= 4 is 11.7 Å². The Bertz CT molecular complexity index is 456. The van der Waals surface area contributed by atoms with Gasteiger partial charge in [0.2, 0.25) is 0 Å². The van der Waals surface area contributed by atoms with Crippen molar-refractivity contribution in [1.29, 1.82) is 0 Å². The molecular weight excluding hydrogens is 234 g/mol. The Morgan fingerprint density at radius 2 is 2.28 bits per heavy atom. The second-order valence-electron chi connectivity index (χ2n) is 4.02. The van der Waals surface area contributed by atoms with Gasteiger partial charge in [0.05, 0.1) is 32.0 Å². The molecule has 0 aliphatic carbocycles. The molecule has 0 aliphatic rings. The Labute approximate surface area is 106 Å². The van der Waals surface area contributed by atoms with Crippen LogP contribution in [0.4, 0.5) is 5.69 Å². The molecule has 0 bridgehead atoms. The summed E-state index contributed by atoms with van der Waals surface area (Å²) in [6.07, 6.45) is 2.78. The average molecular weight is 253 g/mol. The number of rotatable bonds is 6. The highest BCUT2D eigenvalue weighted by molar-refractivity contribution is 5.68. The fourth-order valence-corrected chi connectivity index (χ4v) is 1.56. The summed E-state index contributed by atoms with van der Waals surface area (Å²) in [5, 5.41) is 4.04. The van der Waals surface area contributed by atoms with Crippen LogP contribution in [0.15, 0.2) is 17.1 Å². The fourth-order valence-electron chi connectivity index (χ4n) is 1.56. The number of esters is 1. The molecule has 0 aromatic carbocycles. The van der Waals surface area contributed by atoms with Crippen LogP contribution in [-0.2, 0) is 16.1 Å². The van der Waals surface area contributed by atoms with Gasteiger partial charge in [0.25, 0.3) is 5.56 Å². The maximum absolute atomic E-state index is 11.8. The molecule has 0 spiro atoms.